The molecule has 2 aromatic rings. The van der Waals surface area contributed by atoms with E-state index in [4.69, 9.17) is 4.74 Å². The van der Waals surface area contributed by atoms with Gasteiger partial charge in [0.2, 0.25) is 5.91 Å². The number of likely N-dealkylation sites (tertiary alicyclic amines) is 1. The molecule has 0 atom stereocenters. The van der Waals surface area contributed by atoms with E-state index in [1.54, 1.807) is 74.6 Å². The Balaban J connectivity index is 1.63. The number of para-hydroxylation sites is 1. The molecule has 1 fully saturated rings. The number of urea groups is 1. The zero-order valence-corrected chi connectivity index (χ0v) is 18.1. The molecule has 0 bridgehead atoms. The van der Waals surface area contributed by atoms with Crippen molar-refractivity contribution in [2.24, 2.45) is 5.92 Å². The normalized spacial score (nSPS) is 14.0. The van der Waals surface area contributed by atoms with Crippen LogP contribution in [0.4, 0.5) is 16.2 Å². The number of carbonyl (C=O) groups excluding carboxylic acids is 3. The van der Waals surface area contributed by atoms with Crippen molar-refractivity contribution in [3.05, 3.63) is 54.1 Å². The van der Waals surface area contributed by atoms with Crippen molar-refractivity contribution in [1.82, 2.24) is 9.80 Å². The van der Waals surface area contributed by atoms with Crippen LogP contribution >= 0.6 is 0 Å². The van der Waals surface area contributed by atoms with E-state index in [9.17, 15) is 14.4 Å². The molecule has 0 spiro atoms. The van der Waals surface area contributed by atoms with E-state index >= 15 is 0 Å². The number of hydrogen-bond donors (Lipinski definition) is 2. The van der Waals surface area contributed by atoms with Gasteiger partial charge >= 0.3 is 6.03 Å². The lowest BCUT2D eigenvalue weighted by Gasteiger charge is -2.33. The zero-order valence-electron chi connectivity index (χ0n) is 18.1. The Morgan fingerprint density at radius 3 is 2.23 bits per heavy atom. The number of nitrogens with one attached hydrogen (secondary N) is 2. The van der Waals surface area contributed by atoms with Gasteiger partial charge in [0, 0.05) is 38.8 Å². The Morgan fingerprint density at radius 2 is 1.61 bits per heavy atom. The van der Waals surface area contributed by atoms with E-state index < -0.39 is 0 Å². The number of hydrogen-bond acceptors (Lipinski definition) is 4. The van der Waals surface area contributed by atoms with Crippen LogP contribution < -0.4 is 15.4 Å². The lowest BCUT2D eigenvalue weighted by Crippen LogP contribution is -2.45. The summed E-state index contributed by atoms with van der Waals surface area (Å²) in [5.41, 5.74) is 1.47. The van der Waals surface area contributed by atoms with Gasteiger partial charge in [-0.1, -0.05) is 12.1 Å². The average Bonchev–Trinajstić information content (AvgIpc) is 2.79. The minimum absolute atomic E-state index is 0.0422. The third-order valence-corrected chi connectivity index (χ3v) is 5.30. The fraction of sp³-hybridized carbons (Fsp3) is 0.348. The van der Waals surface area contributed by atoms with Crippen molar-refractivity contribution >= 4 is 29.2 Å². The fourth-order valence-corrected chi connectivity index (χ4v) is 3.51. The maximum Gasteiger partial charge on any atom is 0.319 e. The molecule has 2 aromatic carbocycles. The molecule has 1 aliphatic rings. The lowest BCUT2D eigenvalue weighted by molar-refractivity contribution is -0.121. The Hall–Kier alpha value is -3.55. The second-order valence-corrected chi connectivity index (χ2v) is 7.66. The van der Waals surface area contributed by atoms with Gasteiger partial charge in [-0.3, -0.25) is 9.59 Å². The summed E-state index contributed by atoms with van der Waals surface area (Å²) >= 11 is 0. The Morgan fingerprint density at radius 1 is 0.968 bits per heavy atom. The number of amides is 4. The molecule has 1 saturated heterocycles. The molecule has 8 heteroatoms. The second kappa shape index (κ2) is 9.97. The number of carbonyl (C=O) groups is 3. The van der Waals surface area contributed by atoms with Crippen LogP contribution in [-0.4, -0.2) is 61.9 Å². The average molecular weight is 425 g/mol. The van der Waals surface area contributed by atoms with Crippen LogP contribution in [-0.2, 0) is 4.79 Å². The minimum atomic E-state index is -0.313. The number of rotatable bonds is 5. The fourth-order valence-electron chi connectivity index (χ4n) is 3.51. The van der Waals surface area contributed by atoms with Gasteiger partial charge in [0.25, 0.3) is 5.91 Å². The maximum atomic E-state index is 12.8. The molecule has 0 radical (unpaired) electrons. The van der Waals surface area contributed by atoms with Gasteiger partial charge in [-0.25, -0.2) is 4.79 Å². The summed E-state index contributed by atoms with van der Waals surface area (Å²) in [7, 11) is 5.01. The summed E-state index contributed by atoms with van der Waals surface area (Å²) in [6.45, 7) is 1.07. The van der Waals surface area contributed by atoms with Gasteiger partial charge in [0.05, 0.1) is 18.4 Å². The molecule has 0 aliphatic carbocycles. The molecule has 1 heterocycles. The molecular formula is C23H28N4O4. The highest BCUT2D eigenvalue weighted by Crippen LogP contribution is 2.23. The Kier molecular flexibility index (Phi) is 7.12. The first-order valence-corrected chi connectivity index (χ1v) is 10.2. The largest absolute Gasteiger partial charge is 0.497 e. The first kappa shape index (κ1) is 22.1. The highest BCUT2D eigenvalue weighted by molar-refractivity contribution is 6.10. The van der Waals surface area contributed by atoms with Crippen LogP contribution in [0, 0.1) is 5.92 Å². The van der Waals surface area contributed by atoms with Crippen LogP contribution in [0.25, 0.3) is 0 Å². The van der Waals surface area contributed by atoms with Crippen LogP contribution in [0.3, 0.4) is 0 Å². The molecule has 3 rings (SSSR count). The molecule has 8 nitrogen and oxygen atoms in total. The van der Waals surface area contributed by atoms with E-state index in [1.807, 2.05) is 0 Å². The monoisotopic (exact) mass is 424 g/mol. The third-order valence-electron chi connectivity index (χ3n) is 5.30. The summed E-state index contributed by atoms with van der Waals surface area (Å²) in [5.74, 6) is 0.0435. The van der Waals surface area contributed by atoms with Crippen LogP contribution in [0.15, 0.2) is 48.5 Å². The summed E-state index contributed by atoms with van der Waals surface area (Å²) < 4.78 is 5.13. The number of benzene rings is 2. The quantitative estimate of drug-likeness (QED) is 0.771. The Labute approximate surface area is 182 Å². The Bertz CT molecular complexity index is 935. The van der Waals surface area contributed by atoms with E-state index in [0.29, 0.717) is 48.6 Å². The van der Waals surface area contributed by atoms with Crippen LogP contribution in [0.1, 0.15) is 23.2 Å². The van der Waals surface area contributed by atoms with E-state index in [2.05, 4.69) is 10.6 Å². The van der Waals surface area contributed by atoms with Crippen molar-refractivity contribution in [2.45, 2.75) is 12.8 Å². The summed E-state index contributed by atoms with van der Waals surface area (Å²) in [4.78, 5) is 41.0. The van der Waals surface area contributed by atoms with E-state index in [-0.39, 0.29) is 23.8 Å². The number of ether oxygens (including phenoxy) is 1. The first-order valence-electron chi connectivity index (χ1n) is 10.2. The first-order chi connectivity index (χ1) is 14.9. The molecule has 1 aliphatic heterocycles. The van der Waals surface area contributed by atoms with Gasteiger partial charge in [0.1, 0.15) is 5.75 Å². The van der Waals surface area contributed by atoms with Gasteiger partial charge < -0.3 is 25.2 Å². The highest BCUT2D eigenvalue weighted by atomic mass is 16.5. The number of anilines is 2. The standard InChI is InChI=1S/C23H28N4O4/c1-26(2)23(30)27-14-12-16(13-15-27)21(28)25-20-7-5-4-6-19(20)22(29)24-17-8-10-18(31-3)11-9-17/h4-11,16H,12-15H2,1-3H3,(H,24,29)(H,25,28). The van der Waals surface area contributed by atoms with Gasteiger partial charge in [-0.15, -0.1) is 0 Å². The third kappa shape index (κ3) is 5.53. The lowest BCUT2D eigenvalue weighted by atomic mass is 9.95. The smallest absolute Gasteiger partial charge is 0.319 e. The molecule has 0 saturated carbocycles. The second-order valence-electron chi connectivity index (χ2n) is 7.66. The summed E-state index contributed by atoms with van der Waals surface area (Å²) in [6.07, 6.45) is 1.18. The zero-order chi connectivity index (χ0) is 22.4. The molecule has 164 valence electrons. The van der Waals surface area contributed by atoms with Crippen molar-refractivity contribution in [3.8, 4) is 5.75 Å². The molecule has 2 N–H and O–H groups in total. The van der Waals surface area contributed by atoms with Crippen molar-refractivity contribution in [1.29, 1.82) is 0 Å². The predicted octanol–water partition coefficient (Wildman–Crippen LogP) is 3.28. The molecule has 4 amide bonds. The maximum absolute atomic E-state index is 12.8. The summed E-state index contributed by atoms with van der Waals surface area (Å²) in [5, 5.41) is 5.74. The highest BCUT2D eigenvalue weighted by Gasteiger charge is 2.28. The molecule has 31 heavy (non-hydrogen) atoms. The minimum Gasteiger partial charge on any atom is -0.497 e. The summed E-state index contributed by atoms with van der Waals surface area (Å²) in [6, 6.07) is 13.9. The number of methoxy groups -OCH3 is 1. The van der Waals surface area contributed by atoms with E-state index in [0.717, 1.165) is 0 Å². The molecule has 0 unspecified atom stereocenters. The predicted molar refractivity (Wildman–Crippen MR) is 119 cm³/mol. The van der Waals surface area contributed by atoms with Crippen LogP contribution in [0.2, 0.25) is 0 Å². The van der Waals surface area contributed by atoms with E-state index in [1.165, 1.54) is 4.90 Å². The van der Waals surface area contributed by atoms with Crippen LogP contribution in [0.5, 0.6) is 5.75 Å². The topological polar surface area (TPSA) is 91.0 Å². The van der Waals surface area contributed by atoms with Crippen molar-refractivity contribution in [2.75, 3.05) is 44.9 Å². The van der Waals surface area contributed by atoms with Gasteiger partial charge in [-0.05, 0) is 49.2 Å². The van der Waals surface area contributed by atoms with Crippen molar-refractivity contribution < 1.29 is 19.1 Å². The molecular weight excluding hydrogens is 396 g/mol. The number of piperidine rings is 1. The SMILES string of the molecule is COc1ccc(NC(=O)c2ccccc2NC(=O)C2CCN(C(=O)N(C)C)CC2)cc1. The number of nitrogens with zero attached hydrogens (tertiary/aromatic N) is 2. The molecule has 0 aromatic heterocycles. The van der Waals surface area contributed by atoms with Crippen molar-refractivity contribution in [3.63, 3.8) is 0 Å². The van der Waals surface area contributed by atoms with Gasteiger partial charge in [0.15, 0.2) is 0 Å². The van der Waals surface area contributed by atoms with Gasteiger partial charge in [-0.2, -0.15) is 0 Å².